The van der Waals surface area contributed by atoms with Gasteiger partial charge in [0.25, 0.3) is 0 Å². The molecule has 0 amide bonds. The van der Waals surface area contributed by atoms with E-state index >= 15 is 0 Å². The van der Waals surface area contributed by atoms with Crippen LogP contribution in [0.5, 0.6) is 5.75 Å². The molecule has 2 nitrogen and oxygen atoms in total. The monoisotopic (exact) mass is 313 g/mol. The largest absolute Gasteiger partial charge is 0.483 e. The Morgan fingerprint density at radius 3 is 2.40 bits per heavy atom. The molecule has 0 unspecified atom stereocenters. The predicted molar refractivity (Wildman–Crippen MR) is 78.0 cm³/mol. The maximum atomic E-state index is 13.4. The molecule has 2 aromatic carbocycles. The second kappa shape index (κ2) is 6.15. The Bertz CT molecular complexity index is 643. The first-order valence-corrected chi connectivity index (χ1v) is 6.42. The van der Waals surface area contributed by atoms with Gasteiger partial charge in [0.1, 0.15) is 11.6 Å². The molecule has 0 aliphatic heterocycles. The van der Waals surface area contributed by atoms with E-state index in [1.807, 2.05) is 0 Å². The maximum Gasteiger partial charge on any atom is 0.191 e. The van der Waals surface area contributed by atoms with Crippen molar-refractivity contribution in [3.63, 3.8) is 0 Å². The van der Waals surface area contributed by atoms with Crippen molar-refractivity contribution in [1.29, 1.82) is 0 Å². The molecule has 0 atom stereocenters. The third-order valence-electron chi connectivity index (χ3n) is 2.63. The van der Waals surface area contributed by atoms with E-state index in [1.54, 1.807) is 18.2 Å². The first-order chi connectivity index (χ1) is 9.49. The van der Waals surface area contributed by atoms with E-state index in [0.717, 1.165) is 12.1 Å². The van der Waals surface area contributed by atoms with Crippen LogP contribution in [0, 0.1) is 11.6 Å². The molecule has 0 aromatic heterocycles. The molecule has 0 saturated heterocycles. The molecular formula is C14H10ClF2NOS. The fourth-order valence-corrected chi connectivity index (χ4v) is 1.95. The van der Waals surface area contributed by atoms with Gasteiger partial charge in [-0.05, 0) is 18.2 Å². The van der Waals surface area contributed by atoms with Gasteiger partial charge in [-0.1, -0.05) is 42.0 Å². The third-order valence-corrected chi connectivity index (χ3v) is 3.22. The molecule has 2 aromatic rings. The van der Waals surface area contributed by atoms with Gasteiger partial charge in [-0.25, -0.2) is 8.78 Å². The van der Waals surface area contributed by atoms with Gasteiger partial charge in [0, 0.05) is 16.1 Å². The summed E-state index contributed by atoms with van der Waals surface area (Å²) in [5.41, 5.74) is 6.67. The summed E-state index contributed by atoms with van der Waals surface area (Å²) in [7, 11) is 0. The van der Waals surface area contributed by atoms with Crippen LogP contribution in [0.25, 0.3) is 0 Å². The normalized spacial score (nSPS) is 10.3. The Kier molecular flexibility index (Phi) is 4.52. The van der Waals surface area contributed by atoms with Gasteiger partial charge < -0.3 is 10.5 Å². The molecule has 0 fully saturated rings. The summed E-state index contributed by atoms with van der Waals surface area (Å²) in [6, 6.07) is 8.41. The van der Waals surface area contributed by atoms with Crippen molar-refractivity contribution in [2.24, 2.45) is 5.73 Å². The number of rotatable bonds is 4. The Labute approximate surface area is 125 Å². The Hall–Kier alpha value is -1.72. The zero-order chi connectivity index (χ0) is 14.7. The molecule has 0 aliphatic carbocycles. The van der Waals surface area contributed by atoms with Crippen molar-refractivity contribution in [3.8, 4) is 5.75 Å². The number of halogens is 3. The van der Waals surface area contributed by atoms with Crippen molar-refractivity contribution in [2.45, 2.75) is 6.61 Å². The van der Waals surface area contributed by atoms with Crippen LogP contribution in [0.2, 0.25) is 5.02 Å². The minimum Gasteiger partial charge on any atom is -0.483 e. The summed E-state index contributed by atoms with van der Waals surface area (Å²) < 4.78 is 31.9. The van der Waals surface area contributed by atoms with Gasteiger partial charge in [-0.3, -0.25) is 0 Å². The second-order valence-electron chi connectivity index (χ2n) is 4.01. The summed E-state index contributed by atoms with van der Waals surface area (Å²) in [5, 5.41) is 0.368. The zero-order valence-corrected chi connectivity index (χ0v) is 11.8. The lowest BCUT2D eigenvalue weighted by Gasteiger charge is -2.10. The van der Waals surface area contributed by atoms with Crippen molar-refractivity contribution in [3.05, 3.63) is 64.2 Å². The highest BCUT2D eigenvalue weighted by Gasteiger charge is 2.11. The van der Waals surface area contributed by atoms with Gasteiger partial charge in [0.15, 0.2) is 17.4 Å². The Morgan fingerprint density at radius 1 is 1.20 bits per heavy atom. The summed E-state index contributed by atoms with van der Waals surface area (Å²) in [4.78, 5) is 0.222. The van der Waals surface area contributed by atoms with Crippen molar-refractivity contribution < 1.29 is 13.5 Å². The van der Waals surface area contributed by atoms with Crippen LogP contribution in [0.15, 0.2) is 36.4 Å². The van der Waals surface area contributed by atoms with Crippen molar-refractivity contribution in [2.75, 3.05) is 0 Å². The molecule has 2 N–H and O–H groups in total. The maximum absolute atomic E-state index is 13.4. The molecule has 0 aliphatic rings. The number of nitrogens with two attached hydrogens (primary N) is 1. The highest BCUT2D eigenvalue weighted by atomic mass is 35.5. The van der Waals surface area contributed by atoms with E-state index in [4.69, 9.17) is 34.3 Å². The number of hydrogen-bond donors (Lipinski definition) is 1. The minimum atomic E-state index is -0.763. The lowest BCUT2D eigenvalue weighted by atomic mass is 10.1. The molecule has 104 valence electrons. The number of ether oxygens (including phenoxy) is 1. The average Bonchev–Trinajstić information content (AvgIpc) is 2.39. The highest BCUT2D eigenvalue weighted by molar-refractivity contribution is 7.80. The summed E-state index contributed by atoms with van der Waals surface area (Å²) in [6.45, 7) is -0.0612. The van der Waals surface area contributed by atoms with Gasteiger partial charge >= 0.3 is 0 Å². The van der Waals surface area contributed by atoms with Crippen LogP contribution in [-0.4, -0.2) is 4.99 Å². The van der Waals surface area contributed by atoms with Gasteiger partial charge in [-0.2, -0.15) is 0 Å². The van der Waals surface area contributed by atoms with E-state index in [2.05, 4.69) is 0 Å². The van der Waals surface area contributed by atoms with Gasteiger partial charge in [0.2, 0.25) is 0 Å². The third kappa shape index (κ3) is 3.23. The lowest BCUT2D eigenvalue weighted by molar-refractivity contribution is 0.274. The molecule has 20 heavy (non-hydrogen) atoms. The van der Waals surface area contributed by atoms with Crippen LogP contribution in [0.3, 0.4) is 0 Å². The smallest absolute Gasteiger partial charge is 0.191 e. The molecule has 0 heterocycles. The fourth-order valence-electron chi connectivity index (χ4n) is 1.59. The topological polar surface area (TPSA) is 35.2 Å². The molecule has 0 spiro atoms. The molecular weight excluding hydrogens is 304 g/mol. The highest BCUT2D eigenvalue weighted by Crippen LogP contribution is 2.24. The predicted octanol–water partition coefficient (Wildman–Crippen LogP) is 3.83. The molecule has 0 saturated carbocycles. The first kappa shape index (κ1) is 14.7. The lowest BCUT2D eigenvalue weighted by Crippen LogP contribution is -2.09. The van der Waals surface area contributed by atoms with Crippen molar-refractivity contribution >= 4 is 28.8 Å². The standard InChI is InChI=1S/C14H10ClF2NOS/c15-10-6-8(14(18)20)4-5-9(10)7-19-13-11(16)2-1-3-12(13)17/h1-6H,7H2,(H2,18,20). The first-order valence-electron chi connectivity index (χ1n) is 5.64. The Balaban J connectivity index is 2.17. The van der Waals surface area contributed by atoms with Crippen LogP contribution < -0.4 is 10.5 Å². The second-order valence-corrected chi connectivity index (χ2v) is 4.86. The number of thiocarbonyl (C=S) groups is 1. The van der Waals surface area contributed by atoms with Crippen molar-refractivity contribution in [1.82, 2.24) is 0 Å². The van der Waals surface area contributed by atoms with E-state index in [-0.39, 0.29) is 11.6 Å². The number of benzene rings is 2. The Morgan fingerprint density at radius 2 is 1.85 bits per heavy atom. The molecule has 6 heteroatoms. The SMILES string of the molecule is NC(=S)c1ccc(COc2c(F)cccc2F)c(Cl)c1. The fraction of sp³-hybridized carbons (Fsp3) is 0.0714. The summed E-state index contributed by atoms with van der Waals surface area (Å²) >= 11 is 10.9. The van der Waals surface area contributed by atoms with E-state index in [1.165, 1.54) is 6.07 Å². The van der Waals surface area contributed by atoms with E-state index in [0.29, 0.717) is 16.1 Å². The van der Waals surface area contributed by atoms with Gasteiger partial charge in [-0.15, -0.1) is 0 Å². The zero-order valence-electron chi connectivity index (χ0n) is 10.2. The number of hydrogen-bond acceptors (Lipinski definition) is 2. The molecule has 0 radical (unpaired) electrons. The minimum absolute atomic E-state index is 0.0612. The van der Waals surface area contributed by atoms with E-state index in [9.17, 15) is 8.78 Å². The summed E-state index contributed by atoms with van der Waals surface area (Å²) in [6.07, 6.45) is 0. The van der Waals surface area contributed by atoms with E-state index < -0.39 is 17.4 Å². The quantitative estimate of drug-likeness (QED) is 0.871. The number of para-hydroxylation sites is 1. The van der Waals surface area contributed by atoms with Crippen LogP contribution >= 0.6 is 23.8 Å². The summed E-state index contributed by atoms with van der Waals surface area (Å²) in [5.74, 6) is -1.95. The van der Waals surface area contributed by atoms with Crippen LogP contribution in [0.1, 0.15) is 11.1 Å². The van der Waals surface area contributed by atoms with Crippen LogP contribution in [-0.2, 0) is 6.61 Å². The van der Waals surface area contributed by atoms with Crippen LogP contribution in [0.4, 0.5) is 8.78 Å². The molecule has 2 rings (SSSR count). The van der Waals surface area contributed by atoms with Gasteiger partial charge in [0.05, 0.1) is 0 Å². The average molecular weight is 314 g/mol. The molecule has 0 bridgehead atoms.